The van der Waals surface area contributed by atoms with Crippen molar-refractivity contribution in [3.05, 3.63) is 261 Å². The molecule has 0 aliphatic rings. The highest BCUT2D eigenvalue weighted by molar-refractivity contribution is 6.04. The second-order valence-corrected chi connectivity index (χ2v) is 15.8. The third-order valence-electron chi connectivity index (χ3n) is 12.0. The van der Waals surface area contributed by atoms with Crippen LogP contribution in [0, 0.1) is 0 Å². The molecule has 0 fully saturated rings. The fourth-order valence-electron chi connectivity index (χ4n) is 8.88. The molecule has 0 amide bonds. The molecule has 0 saturated carbocycles. The first-order valence-corrected chi connectivity index (χ1v) is 21.4. The van der Waals surface area contributed by atoms with Gasteiger partial charge in [0.2, 0.25) is 0 Å². The van der Waals surface area contributed by atoms with Gasteiger partial charge in [-0.15, -0.1) is 0 Å². The molecule has 0 atom stereocenters. The second kappa shape index (κ2) is 16.7. The van der Waals surface area contributed by atoms with Crippen LogP contribution in [0.25, 0.3) is 88.3 Å². The lowest BCUT2D eigenvalue weighted by Crippen LogP contribution is -2.11. The first-order valence-electron chi connectivity index (χ1n) is 22.9. The summed E-state index contributed by atoms with van der Waals surface area (Å²) < 4.78 is 29.3. The van der Waals surface area contributed by atoms with Gasteiger partial charge in [-0.25, -0.2) is 0 Å². The molecule has 11 rings (SSSR count). The fourth-order valence-corrected chi connectivity index (χ4v) is 8.88. The zero-order chi connectivity index (χ0) is 44.6. The van der Waals surface area contributed by atoms with E-state index in [9.17, 15) is 4.11 Å². The van der Waals surface area contributed by atoms with E-state index < -0.39 is 0 Å². The molecule has 1 nitrogen and oxygen atoms in total. The van der Waals surface area contributed by atoms with Gasteiger partial charge in [0.1, 0.15) is 0 Å². The van der Waals surface area contributed by atoms with Gasteiger partial charge in [0.25, 0.3) is 0 Å². The zero-order valence-corrected chi connectivity index (χ0v) is 34.5. The molecule has 0 radical (unpaired) electrons. The minimum absolute atomic E-state index is 0.00802. The summed E-state index contributed by atoms with van der Waals surface area (Å²) >= 11 is 0. The number of benzene rings is 11. The Hall–Kier alpha value is -8.26. The van der Waals surface area contributed by atoms with Crippen molar-refractivity contribution in [3.63, 3.8) is 0 Å². The predicted octanol–water partition coefficient (Wildman–Crippen LogP) is 17.5. The molecule has 11 aromatic carbocycles. The van der Waals surface area contributed by atoms with Crippen LogP contribution in [0.1, 0.15) is 4.11 Å². The highest BCUT2D eigenvalue weighted by Gasteiger charge is 2.20. The third-order valence-corrected chi connectivity index (χ3v) is 12.0. The van der Waals surface area contributed by atoms with Gasteiger partial charge in [-0.1, -0.05) is 224 Å². The average Bonchev–Trinajstić information content (AvgIpc) is 3.39. The highest BCUT2D eigenvalue weighted by Crippen LogP contribution is 2.45. The quantitative estimate of drug-likeness (QED) is 0.140. The van der Waals surface area contributed by atoms with Crippen molar-refractivity contribution in [2.45, 2.75) is 0 Å². The number of anilines is 3. The molecule has 1 heteroatoms. The number of hydrogen-bond acceptors (Lipinski definition) is 1. The Morgan fingerprint density at radius 2 is 0.714 bits per heavy atom. The van der Waals surface area contributed by atoms with Gasteiger partial charge in [0.05, 0.1) is 9.80 Å². The second-order valence-electron chi connectivity index (χ2n) is 15.8. The molecular weight excluding hydrogens is 759 g/mol. The maximum atomic E-state index is 9.90. The van der Waals surface area contributed by atoms with Crippen LogP contribution in [0.4, 0.5) is 17.1 Å². The van der Waals surface area contributed by atoms with Gasteiger partial charge >= 0.3 is 0 Å². The molecule has 0 unspecified atom stereocenters. The summed E-state index contributed by atoms with van der Waals surface area (Å²) in [6.07, 6.45) is 0. The number of fused-ring (bicyclic) bond motifs is 2. The molecule has 0 spiro atoms. The van der Waals surface area contributed by atoms with Crippen molar-refractivity contribution in [1.29, 1.82) is 0 Å². The Bertz CT molecular complexity index is 3510. The summed E-state index contributed by atoms with van der Waals surface area (Å²) in [6, 6.07) is 83.8. The van der Waals surface area contributed by atoms with E-state index in [-0.39, 0.29) is 18.1 Å². The Morgan fingerprint density at radius 1 is 0.270 bits per heavy atom. The molecule has 0 saturated heterocycles. The molecule has 0 aromatic heterocycles. The predicted molar refractivity (Wildman–Crippen MR) is 269 cm³/mol. The average molecular weight is 805 g/mol. The van der Waals surface area contributed by atoms with Gasteiger partial charge in [0, 0.05) is 16.9 Å². The van der Waals surface area contributed by atoms with E-state index >= 15 is 0 Å². The minimum atomic E-state index is 0.00802. The van der Waals surface area contributed by atoms with Crippen LogP contribution in [0.2, 0.25) is 0 Å². The van der Waals surface area contributed by atoms with Gasteiger partial charge in [-0.2, -0.15) is 0 Å². The number of rotatable bonds is 9. The van der Waals surface area contributed by atoms with E-state index in [0.29, 0.717) is 16.8 Å². The van der Waals surface area contributed by atoms with Crippen LogP contribution in [-0.4, -0.2) is 0 Å². The SMILES string of the molecule is [2H]c1c([2H])c(N(c2ccc(-c3ccc(-c4cccc5ccccc45)cc3)cc2)c2ccc(-c3c(-c4ccccc4)ccc4ccccc34)cc2)c(-c2ccccc2)c([2H])c1-c1ccccc1. The molecule has 0 bridgehead atoms. The summed E-state index contributed by atoms with van der Waals surface area (Å²) in [5, 5.41) is 4.77. The van der Waals surface area contributed by atoms with E-state index in [1.165, 1.54) is 21.7 Å². The molecule has 0 aliphatic heterocycles. The Kier molecular flexibility index (Phi) is 9.11. The maximum Gasteiger partial charge on any atom is 0.0645 e. The molecule has 0 N–H and O–H groups in total. The van der Waals surface area contributed by atoms with Gasteiger partial charge < -0.3 is 4.90 Å². The lowest BCUT2D eigenvalue weighted by Gasteiger charge is -2.29. The summed E-state index contributed by atoms with van der Waals surface area (Å²) in [5.74, 6) is 0. The first-order chi connectivity index (χ1) is 32.5. The van der Waals surface area contributed by atoms with Crippen LogP contribution in [-0.2, 0) is 0 Å². The largest absolute Gasteiger partial charge is 0.310 e. The lowest BCUT2D eigenvalue weighted by atomic mass is 9.89. The van der Waals surface area contributed by atoms with Crippen LogP contribution < -0.4 is 4.90 Å². The van der Waals surface area contributed by atoms with Crippen LogP contribution in [0.3, 0.4) is 0 Å². The van der Waals surface area contributed by atoms with Crippen molar-refractivity contribution < 1.29 is 4.11 Å². The van der Waals surface area contributed by atoms with Gasteiger partial charge in [-0.05, 0) is 119 Å². The molecule has 296 valence electrons. The van der Waals surface area contributed by atoms with Crippen LogP contribution >= 0.6 is 0 Å². The van der Waals surface area contributed by atoms with E-state index in [0.717, 1.165) is 66.8 Å². The molecule has 11 aromatic rings. The molecule has 0 aliphatic carbocycles. The van der Waals surface area contributed by atoms with E-state index in [1.807, 2.05) is 66.7 Å². The fraction of sp³-hybridized carbons (Fsp3) is 0. The highest BCUT2D eigenvalue weighted by atomic mass is 15.1. The zero-order valence-electron chi connectivity index (χ0n) is 37.5. The minimum Gasteiger partial charge on any atom is -0.310 e. The van der Waals surface area contributed by atoms with Crippen LogP contribution in [0.15, 0.2) is 261 Å². The topological polar surface area (TPSA) is 3.24 Å². The smallest absolute Gasteiger partial charge is 0.0645 e. The van der Waals surface area contributed by atoms with E-state index in [4.69, 9.17) is 0 Å². The molecular formula is C62H43N. The maximum absolute atomic E-state index is 9.90. The van der Waals surface area contributed by atoms with Crippen molar-refractivity contribution in [2.24, 2.45) is 0 Å². The standard InChI is InChI=1S/C62H43N/c1-4-15-44(16-5-1)53-36-42-61(60(43-53)49-19-8-3-9-20-49)63(54-37-31-46(32-38-54)45-27-29-51(30-28-45)57-26-14-23-47-21-10-12-24-56(47)57)55-39-33-52(34-40-55)62-58-25-13-11-22-50(58)35-41-59(62)48-17-6-2-7-18-48/h1-43H/i36D,42D,43D. The number of hydrogen-bond donors (Lipinski definition) is 0. The first kappa shape index (κ1) is 34.5. The summed E-state index contributed by atoms with van der Waals surface area (Å²) in [5.41, 5.74) is 13.7. The third kappa shape index (κ3) is 7.37. The van der Waals surface area contributed by atoms with Crippen molar-refractivity contribution in [1.82, 2.24) is 0 Å². The van der Waals surface area contributed by atoms with E-state index in [1.54, 1.807) is 0 Å². The molecule has 63 heavy (non-hydrogen) atoms. The van der Waals surface area contributed by atoms with Crippen molar-refractivity contribution in [3.8, 4) is 66.8 Å². The molecule has 0 heterocycles. The lowest BCUT2D eigenvalue weighted by molar-refractivity contribution is 1.28. The Balaban J connectivity index is 1.07. The monoisotopic (exact) mass is 804 g/mol. The van der Waals surface area contributed by atoms with Gasteiger partial charge in [-0.3, -0.25) is 0 Å². The Morgan fingerprint density at radius 3 is 1.35 bits per heavy atom. The summed E-state index contributed by atoms with van der Waals surface area (Å²) in [7, 11) is 0. The Labute approximate surface area is 373 Å². The van der Waals surface area contributed by atoms with Crippen molar-refractivity contribution in [2.75, 3.05) is 4.90 Å². The van der Waals surface area contributed by atoms with Crippen LogP contribution in [0.5, 0.6) is 0 Å². The van der Waals surface area contributed by atoms with E-state index in [2.05, 4.69) is 181 Å². The normalized spacial score (nSPS) is 11.8. The number of nitrogens with zero attached hydrogens (tertiary/aromatic N) is 1. The summed E-state index contributed by atoms with van der Waals surface area (Å²) in [4.78, 5) is 2.06. The van der Waals surface area contributed by atoms with Gasteiger partial charge in [0.15, 0.2) is 0 Å². The summed E-state index contributed by atoms with van der Waals surface area (Å²) in [6.45, 7) is 0. The van der Waals surface area contributed by atoms with Crippen molar-refractivity contribution >= 4 is 38.6 Å².